The van der Waals surface area contributed by atoms with Crippen LogP contribution in [0.4, 0.5) is 8.78 Å². The molecule has 0 bridgehead atoms. The Bertz CT molecular complexity index is 743. The Labute approximate surface area is 138 Å². The second kappa shape index (κ2) is 7.53. The second-order valence-electron chi connectivity index (χ2n) is 5.97. The Morgan fingerprint density at radius 3 is 2.83 bits per heavy atom. The molecule has 1 aromatic carbocycles. The minimum absolute atomic E-state index is 0.0440. The molecule has 3 rings (SSSR count). The van der Waals surface area contributed by atoms with Crippen LogP contribution in [0.5, 0.6) is 5.75 Å². The molecule has 2 heterocycles. The first-order valence-corrected chi connectivity index (χ1v) is 7.94. The lowest BCUT2D eigenvalue weighted by molar-refractivity contribution is 0.133. The van der Waals surface area contributed by atoms with Crippen LogP contribution in [0.25, 0.3) is 0 Å². The fourth-order valence-corrected chi connectivity index (χ4v) is 2.81. The monoisotopic (exact) mass is 335 g/mol. The molecule has 1 fully saturated rings. The van der Waals surface area contributed by atoms with Gasteiger partial charge in [0.2, 0.25) is 0 Å². The maximum absolute atomic E-state index is 13.5. The molecule has 1 saturated heterocycles. The molecular formula is C17H19F2N3O2. The zero-order valence-corrected chi connectivity index (χ0v) is 13.2. The van der Waals surface area contributed by atoms with Gasteiger partial charge in [-0.15, -0.1) is 0 Å². The van der Waals surface area contributed by atoms with Gasteiger partial charge in [-0.05, 0) is 44.0 Å². The van der Waals surface area contributed by atoms with Gasteiger partial charge in [-0.2, -0.15) is 0 Å². The van der Waals surface area contributed by atoms with E-state index in [0.717, 1.165) is 44.1 Å². The largest absolute Gasteiger partial charge is 0.490 e. The third-order valence-corrected chi connectivity index (χ3v) is 4.23. The first kappa shape index (κ1) is 16.6. The lowest BCUT2D eigenvalue weighted by Gasteiger charge is -2.31. The summed E-state index contributed by atoms with van der Waals surface area (Å²) in [6.07, 6.45) is 4.84. The average Bonchev–Trinajstić information content (AvgIpc) is 2.59. The highest BCUT2D eigenvalue weighted by atomic mass is 19.1. The maximum Gasteiger partial charge on any atom is 0.270 e. The number of halogens is 2. The maximum atomic E-state index is 13.5. The first-order chi connectivity index (χ1) is 11.6. The van der Waals surface area contributed by atoms with Crippen molar-refractivity contribution in [3.8, 4) is 5.75 Å². The van der Waals surface area contributed by atoms with E-state index in [0.29, 0.717) is 18.8 Å². The van der Waals surface area contributed by atoms with Crippen LogP contribution in [0.3, 0.4) is 0 Å². The van der Waals surface area contributed by atoms with Gasteiger partial charge in [0.25, 0.3) is 5.56 Å². The molecule has 2 aromatic rings. The summed E-state index contributed by atoms with van der Waals surface area (Å²) in [4.78, 5) is 20.5. The van der Waals surface area contributed by atoms with Crippen LogP contribution in [0.2, 0.25) is 0 Å². The number of likely N-dealkylation sites (tertiary alicyclic amines) is 1. The summed E-state index contributed by atoms with van der Waals surface area (Å²) in [6, 6.07) is 3.20. The number of benzene rings is 1. The van der Waals surface area contributed by atoms with E-state index >= 15 is 0 Å². The van der Waals surface area contributed by atoms with Gasteiger partial charge in [-0.1, -0.05) is 0 Å². The molecule has 5 nitrogen and oxygen atoms in total. The summed E-state index contributed by atoms with van der Waals surface area (Å²) >= 11 is 0. The van der Waals surface area contributed by atoms with Gasteiger partial charge < -0.3 is 9.72 Å². The highest BCUT2D eigenvalue weighted by molar-refractivity contribution is 5.24. The van der Waals surface area contributed by atoms with Crippen LogP contribution in [0.15, 0.2) is 35.4 Å². The molecule has 1 aromatic heterocycles. The quantitative estimate of drug-likeness (QED) is 0.911. The van der Waals surface area contributed by atoms with Gasteiger partial charge in [-0.3, -0.25) is 14.7 Å². The number of aromatic amines is 1. The normalized spacial score (nSPS) is 16.2. The molecule has 1 aliphatic heterocycles. The average molecular weight is 335 g/mol. The standard InChI is InChI=1S/C17H19F2N3O2/c18-13-1-2-14(19)16(9-13)24-11-12-3-7-22(8-4-12)10-15-17(23)21-6-5-20-15/h1-2,5-6,9,12H,3-4,7-8,10-11H2,(H,21,23). The van der Waals surface area contributed by atoms with E-state index in [1.54, 1.807) is 6.20 Å². The van der Waals surface area contributed by atoms with Crippen LogP contribution < -0.4 is 10.3 Å². The van der Waals surface area contributed by atoms with Crippen molar-refractivity contribution >= 4 is 0 Å². The van der Waals surface area contributed by atoms with Crippen molar-refractivity contribution in [1.29, 1.82) is 0 Å². The van der Waals surface area contributed by atoms with Crippen molar-refractivity contribution in [3.05, 3.63) is 58.3 Å². The molecule has 1 aliphatic rings. The van der Waals surface area contributed by atoms with Gasteiger partial charge in [0, 0.05) is 25.0 Å². The molecule has 1 N–H and O–H groups in total. The first-order valence-electron chi connectivity index (χ1n) is 7.94. The fraction of sp³-hybridized carbons (Fsp3) is 0.412. The van der Waals surface area contributed by atoms with Crippen LogP contribution >= 0.6 is 0 Å². The Morgan fingerprint density at radius 2 is 2.08 bits per heavy atom. The van der Waals surface area contributed by atoms with E-state index in [-0.39, 0.29) is 17.2 Å². The highest BCUT2D eigenvalue weighted by Gasteiger charge is 2.21. The van der Waals surface area contributed by atoms with Crippen molar-refractivity contribution in [1.82, 2.24) is 14.9 Å². The lowest BCUT2D eigenvalue weighted by atomic mass is 9.97. The number of aromatic nitrogens is 2. The van der Waals surface area contributed by atoms with Crippen LogP contribution in [-0.2, 0) is 6.54 Å². The number of nitrogens with zero attached hydrogens (tertiary/aromatic N) is 2. The Morgan fingerprint density at radius 1 is 1.29 bits per heavy atom. The summed E-state index contributed by atoms with van der Waals surface area (Å²) in [6.45, 7) is 2.51. The molecule has 0 spiro atoms. The van der Waals surface area contributed by atoms with Crippen molar-refractivity contribution in [2.75, 3.05) is 19.7 Å². The highest BCUT2D eigenvalue weighted by Crippen LogP contribution is 2.22. The Hall–Kier alpha value is -2.28. The van der Waals surface area contributed by atoms with Crippen molar-refractivity contribution < 1.29 is 13.5 Å². The predicted octanol–water partition coefficient (Wildman–Crippen LogP) is 2.34. The third kappa shape index (κ3) is 4.17. The Kier molecular flexibility index (Phi) is 5.20. The van der Waals surface area contributed by atoms with E-state index in [1.807, 2.05) is 0 Å². The molecule has 0 amide bonds. The second-order valence-corrected chi connectivity index (χ2v) is 5.97. The van der Waals surface area contributed by atoms with E-state index in [4.69, 9.17) is 4.74 Å². The van der Waals surface area contributed by atoms with E-state index in [9.17, 15) is 13.6 Å². The number of ether oxygens (including phenoxy) is 1. The fourth-order valence-electron chi connectivity index (χ4n) is 2.81. The molecule has 24 heavy (non-hydrogen) atoms. The number of hydrogen-bond acceptors (Lipinski definition) is 4. The molecular weight excluding hydrogens is 316 g/mol. The molecule has 7 heteroatoms. The van der Waals surface area contributed by atoms with Crippen LogP contribution in [0.1, 0.15) is 18.5 Å². The zero-order valence-electron chi connectivity index (χ0n) is 13.2. The molecule has 0 atom stereocenters. The van der Waals surface area contributed by atoms with Gasteiger partial charge >= 0.3 is 0 Å². The molecule has 0 aliphatic carbocycles. The number of rotatable bonds is 5. The zero-order chi connectivity index (χ0) is 16.9. The van der Waals surface area contributed by atoms with Gasteiger partial charge in [0.1, 0.15) is 11.5 Å². The smallest absolute Gasteiger partial charge is 0.270 e. The summed E-state index contributed by atoms with van der Waals surface area (Å²) in [5.41, 5.74) is 0.346. The predicted molar refractivity (Wildman–Crippen MR) is 84.7 cm³/mol. The van der Waals surface area contributed by atoms with Crippen molar-refractivity contribution in [3.63, 3.8) is 0 Å². The minimum atomic E-state index is -0.553. The minimum Gasteiger partial charge on any atom is -0.490 e. The molecule has 0 radical (unpaired) electrons. The van der Waals surface area contributed by atoms with Gasteiger partial charge in [0.05, 0.1) is 6.61 Å². The molecule has 0 saturated carbocycles. The van der Waals surface area contributed by atoms with E-state index < -0.39 is 11.6 Å². The molecule has 128 valence electrons. The van der Waals surface area contributed by atoms with Crippen molar-refractivity contribution in [2.24, 2.45) is 5.92 Å². The summed E-state index contributed by atoms with van der Waals surface area (Å²) < 4.78 is 32.1. The topological polar surface area (TPSA) is 58.2 Å². The van der Waals surface area contributed by atoms with E-state index in [2.05, 4.69) is 14.9 Å². The van der Waals surface area contributed by atoms with Crippen LogP contribution in [0, 0.1) is 17.6 Å². The Balaban J connectivity index is 1.48. The van der Waals surface area contributed by atoms with Gasteiger partial charge in [0.15, 0.2) is 11.6 Å². The summed E-state index contributed by atoms with van der Waals surface area (Å²) in [5.74, 6) is -0.826. The summed E-state index contributed by atoms with van der Waals surface area (Å²) in [5, 5.41) is 0. The van der Waals surface area contributed by atoms with Gasteiger partial charge in [-0.25, -0.2) is 8.78 Å². The lowest BCUT2D eigenvalue weighted by Crippen LogP contribution is -2.36. The third-order valence-electron chi connectivity index (χ3n) is 4.23. The number of hydrogen-bond donors (Lipinski definition) is 1. The van der Waals surface area contributed by atoms with Crippen LogP contribution in [-0.4, -0.2) is 34.6 Å². The number of H-pyrrole nitrogens is 1. The number of nitrogens with one attached hydrogen (secondary N) is 1. The number of piperidine rings is 1. The van der Waals surface area contributed by atoms with E-state index in [1.165, 1.54) is 6.20 Å². The van der Waals surface area contributed by atoms with Crippen molar-refractivity contribution in [2.45, 2.75) is 19.4 Å². The molecule has 0 unspecified atom stereocenters. The summed E-state index contributed by atoms with van der Waals surface area (Å²) in [7, 11) is 0. The SMILES string of the molecule is O=c1[nH]ccnc1CN1CCC(COc2cc(F)ccc2F)CC1.